The second-order valence-electron chi connectivity index (χ2n) is 7.25. The van der Waals surface area contributed by atoms with Crippen LogP contribution in [0.3, 0.4) is 0 Å². The minimum atomic E-state index is 0.327. The predicted octanol–water partition coefficient (Wildman–Crippen LogP) is 0.887. The zero-order valence-electron chi connectivity index (χ0n) is 15.1. The normalized spacial score (nSPS) is 26.3. The second kappa shape index (κ2) is 11.4. The molecule has 0 spiro atoms. The van der Waals surface area contributed by atoms with Crippen molar-refractivity contribution in [3.63, 3.8) is 0 Å². The Hall–Kier alpha value is -0.200. The van der Waals surface area contributed by atoms with Gasteiger partial charge in [-0.3, -0.25) is 4.90 Å². The van der Waals surface area contributed by atoms with Gasteiger partial charge in [0, 0.05) is 25.2 Å². The lowest BCUT2D eigenvalue weighted by Crippen LogP contribution is -2.35. The van der Waals surface area contributed by atoms with Crippen molar-refractivity contribution in [1.29, 1.82) is 0 Å². The molecular formula is C18H38N4O. The molecule has 0 bridgehead atoms. The smallest absolute Gasteiger partial charge is 0.0586 e. The first-order valence-electron chi connectivity index (χ1n) is 9.81. The number of hydrogen-bond acceptors (Lipinski definition) is 5. The van der Waals surface area contributed by atoms with Gasteiger partial charge in [0.2, 0.25) is 0 Å². The molecule has 0 saturated carbocycles. The molecule has 0 aromatic carbocycles. The molecule has 0 amide bonds. The standard InChI is InChI=1S/C18H38N4O/c1-17-6-2-12-21(17)14-4-8-19-10-11-20-9-5-15-22-13-3-7-18(22)16-23/h17-20,23H,2-16H2,1H3/t17?,18-/m1/s1. The minimum absolute atomic E-state index is 0.327. The molecule has 3 N–H and O–H groups in total. The number of likely N-dealkylation sites (tertiary alicyclic amines) is 2. The molecule has 2 aliphatic heterocycles. The van der Waals surface area contributed by atoms with Crippen molar-refractivity contribution >= 4 is 0 Å². The summed E-state index contributed by atoms with van der Waals surface area (Å²) in [7, 11) is 0. The number of hydrogen-bond donors (Lipinski definition) is 3. The van der Waals surface area contributed by atoms with Crippen molar-refractivity contribution in [2.75, 3.05) is 59.0 Å². The molecule has 0 aliphatic carbocycles. The van der Waals surface area contributed by atoms with Gasteiger partial charge in [0.25, 0.3) is 0 Å². The molecule has 136 valence electrons. The van der Waals surface area contributed by atoms with Crippen LogP contribution in [0.2, 0.25) is 0 Å². The highest BCUT2D eigenvalue weighted by Crippen LogP contribution is 2.16. The Kier molecular flexibility index (Phi) is 9.46. The Morgan fingerprint density at radius 2 is 1.48 bits per heavy atom. The molecule has 2 aliphatic rings. The van der Waals surface area contributed by atoms with Gasteiger partial charge < -0.3 is 20.6 Å². The molecule has 2 heterocycles. The van der Waals surface area contributed by atoms with Crippen LogP contribution in [0.25, 0.3) is 0 Å². The van der Waals surface area contributed by atoms with Crippen molar-refractivity contribution in [2.24, 2.45) is 0 Å². The van der Waals surface area contributed by atoms with Gasteiger partial charge in [-0.25, -0.2) is 0 Å². The van der Waals surface area contributed by atoms with Crippen molar-refractivity contribution in [1.82, 2.24) is 20.4 Å². The molecule has 2 fully saturated rings. The van der Waals surface area contributed by atoms with E-state index in [0.29, 0.717) is 12.6 Å². The van der Waals surface area contributed by atoms with Gasteiger partial charge >= 0.3 is 0 Å². The van der Waals surface area contributed by atoms with Crippen molar-refractivity contribution < 1.29 is 5.11 Å². The maximum absolute atomic E-state index is 9.30. The molecule has 2 atom stereocenters. The first-order chi connectivity index (χ1) is 11.3. The Labute approximate surface area is 142 Å². The van der Waals surface area contributed by atoms with Crippen LogP contribution in [0.1, 0.15) is 45.4 Å². The number of nitrogens with zero attached hydrogens (tertiary/aromatic N) is 2. The molecule has 5 heteroatoms. The Morgan fingerprint density at radius 3 is 2.09 bits per heavy atom. The number of aliphatic hydroxyl groups is 1. The van der Waals surface area contributed by atoms with Crippen LogP contribution in [0.5, 0.6) is 0 Å². The molecule has 23 heavy (non-hydrogen) atoms. The quantitative estimate of drug-likeness (QED) is 0.465. The van der Waals surface area contributed by atoms with Crippen LogP contribution < -0.4 is 10.6 Å². The third kappa shape index (κ3) is 7.06. The lowest BCUT2D eigenvalue weighted by Gasteiger charge is -2.22. The van der Waals surface area contributed by atoms with Gasteiger partial charge in [0.1, 0.15) is 0 Å². The summed E-state index contributed by atoms with van der Waals surface area (Å²) >= 11 is 0. The second-order valence-corrected chi connectivity index (χ2v) is 7.25. The van der Waals surface area contributed by atoms with Gasteiger partial charge in [-0.2, -0.15) is 0 Å². The summed E-state index contributed by atoms with van der Waals surface area (Å²) in [5, 5.41) is 16.4. The highest BCUT2D eigenvalue weighted by atomic mass is 16.3. The lowest BCUT2D eigenvalue weighted by molar-refractivity contribution is 0.157. The molecule has 0 aromatic rings. The number of rotatable bonds is 12. The summed E-state index contributed by atoms with van der Waals surface area (Å²) in [6.07, 6.45) is 7.64. The fraction of sp³-hybridized carbons (Fsp3) is 1.00. The monoisotopic (exact) mass is 326 g/mol. The third-order valence-electron chi connectivity index (χ3n) is 5.48. The topological polar surface area (TPSA) is 50.8 Å². The largest absolute Gasteiger partial charge is 0.395 e. The molecular weight excluding hydrogens is 288 g/mol. The highest BCUT2D eigenvalue weighted by Gasteiger charge is 2.22. The maximum atomic E-state index is 9.30. The molecule has 5 nitrogen and oxygen atoms in total. The summed E-state index contributed by atoms with van der Waals surface area (Å²) in [5.41, 5.74) is 0. The predicted molar refractivity (Wildman–Crippen MR) is 96.9 cm³/mol. The fourth-order valence-corrected chi connectivity index (χ4v) is 3.96. The zero-order chi connectivity index (χ0) is 16.3. The van der Waals surface area contributed by atoms with E-state index in [1.54, 1.807) is 0 Å². The molecule has 2 saturated heterocycles. The van der Waals surface area contributed by atoms with Gasteiger partial charge in [-0.05, 0) is 84.7 Å². The summed E-state index contributed by atoms with van der Waals surface area (Å²) in [4.78, 5) is 5.07. The van der Waals surface area contributed by atoms with Crippen molar-refractivity contribution in [3.05, 3.63) is 0 Å². The van der Waals surface area contributed by atoms with Crippen molar-refractivity contribution in [2.45, 2.75) is 57.5 Å². The molecule has 2 rings (SSSR count). The van der Waals surface area contributed by atoms with Gasteiger partial charge in [0.05, 0.1) is 6.61 Å². The Morgan fingerprint density at radius 1 is 0.870 bits per heavy atom. The van der Waals surface area contributed by atoms with E-state index in [2.05, 4.69) is 27.4 Å². The summed E-state index contributed by atoms with van der Waals surface area (Å²) < 4.78 is 0. The third-order valence-corrected chi connectivity index (χ3v) is 5.48. The first-order valence-corrected chi connectivity index (χ1v) is 9.81. The number of nitrogens with one attached hydrogen (secondary N) is 2. The molecule has 0 radical (unpaired) electrons. The highest BCUT2D eigenvalue weighted by molar-refractivity contribution is 4.78. The van der Waals surface area contributed by atoms with E-state index in [9.17, 15) is 5.11 Å². The van der Waals surface area contributed by atoms with Gasteiger partial charge in [-0.15, -0.1) is 0 Å². The lowest BCUT2D eigenvalue weighted by atomic mass is 10.2. The first kappa shape index (κ1) is 19.1. The maximum Gasteiger partial charge on any atom is 0.0586 e. The summed E-state index contributed by atoms with van der Waals surface area (Å²) in [5.74, 6) is 0. The molecule has 0 aromatic heterocycles. The van der Waals surface area contributed by atoms with Gasteiger partial charge in [0.15, 0.2) is 0 Å². The van der Waals surface area contributed by atoms with E-state index in [1.807, 2.05) is 0 Å². The fourth-order valence-electron chi connectivity index (χ4n) is 3.96. The van der Waals surface area contributed by atoms with Crippen LogP contribution >= 0.6 is 0 Å². The Balaban J connectivity index is 1.33. The van der Waals surface area contributed by atoms with Crippen LogP contribution in [0, 0.1) is 0 Å². The van der Waals surface area contributed by atoms with Crippen LogP contribution in [-0.2, 0) is 0 Å². The van der Waals surface area contributed by atoms with Crippen LogP contribution in [-0.4, -0.2) is 86.0 Å². The van der Waals surface area contributed by atoms with Crippen LogP contribution in [0.15, 0.2) is 0 Å². The Bertz CT molecular complexity index is 303. The van der Waals surface area contributed by atoms with Gasteiger partial charge in [-0.1, -0.05) is 0 Å². The molecule has 1 unspecified atom stereocenters. The van der Waals surface area contributed by atoms with E-state index < -0.39 is 0 Å². The van der Waals surface area contributed by atoms with E-state index in [0.717, 1.165) is 38.8 Å². The zero-order valence-corrected chi connectivity index (χ0v) is 15.1. The average molecular weight is 327 g/mol. The average Bonchev–Trinajstić information content (AvgIpc) is 3.18. The number of aliphatic hydroxyl groups excluding tert-OH is 1. The van der Waals surface area contributed by atoms with E-state index in [4.69, 9.17) is 0 Å². The van der Waals surface area contributed by atoms with E-state index in [-0.39, 0.29) is 0 Å². The SMILES string of the molecule is CC1CCCN1CCCNCCNCCCN1CCC[C@@H]1CO. The van der Waals surface area contributed by atoms with Crippen molar-refractivity contribution in [3.8, 4) is 0 Å². The van der Waals surface area contributed by atoms with Crippen LogP contribution in [0.4, 0.5) is 0 Å². The summed E-state index contributed by atoms with van der Waals surface area (Å²) in [6, 6.07) is 1.23. The minimum Gasteiger partial charge on any atom is -0.395 e. The van der Waals surface area contributed by atoms with E-state index >= 15 is 0 Å². The van der Waals surface area contributed by atoms with E-state index in [1.165, 1.54) is 58.2 Å². The summed E-state index contributed by atoms with van der Waals surface area (Å²) in [6.45, 7) is 11.9.